The van der Waals surface area contributed by atoms with Crippen molar-refractivity contribution in [3.63, 3.8) is 0 Å². The maximum atomic E-state index is 14.1. The van der Waals surface area contributed by atoms with Gasteiger partial charge in [0.05, 0.1) is 0 Å². The topological polar surface area (TPSA) is 77.2 Å². The van der Waals surface area contributed by atoms with Gasteiger partial charge in [-0.15, -0.1) is 0 Å². The monoisotopic (exact) mass is 516 g/mol. The Hall–Kier alpha value is -3.28. The van der Waals surface area contributed by atoms with Crippen molar-refractivity contribution in [3.05, 3.63) is 65.4 Å². The highest BCUT2D eigenvalue weighted by Gasteiger charge is 2.40. The number of carbonyl (C=O) groups excluding carboxylic acids is 2. The van der Waals surface area contributed by atoms with Gasteiger partial charge in [0, 0.05) is 42.3 Å². The number of fused-ring (bicyclic) bond motifs is 1. The largest absolute Gasteiger partial charge is 0.361 e. The normalized spacial score (nSPS) is 16.0. The van der Waals surface area contributed by atoms with Crippen LogP contribution in [0.25, 0.3) is 10.9 Å². The van der Waals surface area contributed by atoms with E-state index >= 15 is 0 Å². The molecular weight excluding hydrogens is 472 g/mol. The van der Waals surface area contributed by atoms with Crippen LogP contribution in [0.5, 0.6) is 0 Å². The number of aromatic nitrogens is 1. The van der Waals surface area contributed by atoms with Crippen molar-refractivity contribution in [2.45, 2.75) is 96.6 Å². The second-order valence-corrected chi connectivity index (χ2v) is 11.8. The summed E-state index contributed by atoms with van der Waals surface area (Å²) in [6, 6.07) is 14.1. The van der Waals surface area contributed by atoms with Crippen LogP contribution in [-0.2, 0) is 11.2 Å². The minimum absolute atomic E-state index is 0.0499. The van der Waals surface area contributed by atoms with Gasteiger partial charge in [-0.25, -0.2) is 4.79 Å². The van der Waals surface area contributed by atoms with Crippen LogP contribution in [-0.4, -0.2) is 40.5 Å². The summed E-state index contributed by atoms with van der Waals surface area (Å²) in [6.07, 6.45) is 7.87. The Bertz CT molecular complexity index is 1250. The van der Waals surface area contributed by atoms with Gasteiger partial charge in [0.25, 0.3) is 0 Å². The number of carbonyl (C=O) groups is 2. The third-order valence-electron chi connectivity index (χ3n) is 8.13. The van der Waals surface area contributed by atoms with E-state index in [0.717, 1.165) is 59.0 Å². The van der Waals surface area contributed by atoms with Crippen LogP contribution in [0.3, 0.4) is 0 Å². The molecule has 6 nitrogen and oxygen atoms in total. The first-order chi connectivity index (χ1) is 18.1. The van der Waals surface area contributed by atoms with E-state index in [-0.39, 0.29) is 29.8 Å². The lowest BCUT2D eigenvalue weighted by Crippen LogP contribution is -2.61. The molecule has 204 valence electrons. The number of nitrogens with one attached hydrogen (secondary N) is 3. The summed E-state index contributed by atoms with van der Waals surface area (Å²) in [5.41, 5.74) is 3.95. The van der Waals surface area contributed by atoms with Gasteiger partial charge in [0.2, 0.25) is 5.91 Å². The van der Waals surface area contributed by atoms with Crippen LogP contribution in [0, 0.1) is 0 Å². The zero-order chi connectivity index (χ0) is 27.4. The molecule has 1 aromatic heterocycles. The predicted molar refractivity (Wildman–Crippen MR) is 157 cm³/mol. The van der Waals surface area contributed by atoms with E-state index in [1.807, 2.05) is 43.3 Å². The fourth-order valence-electron chi connectivity index (χ4n) is 5.95. The highest BCUT2D eigenvalue weighted by molar-refractivity contribution is 5.97. The quantitative estimate of drug-likeness (QED) is 0.293. The average molecular weight is 517 g/mol. The Morgan fingerprint density at radius 1 is 0.974 bits per heavy atom. The van der Waals surface area contributed by atoms with Gasteiger partial charge < -0.3 is 20.5 Å². The Kier molecular flexibility index (Phi) is 8.49. The molecule has 0 bridgehead atoms. The third kappa shape index (κ3) is 5.90. The predicted octanol–water partition coefficient (Wildman–Crippen LogP) is 7.33. The molecule has 0 spiro atoms. The standard InChI is InChI=1S/C32H44N4O2/c1-21(2)25-16-12-17-26(22(3)4)29(25)34-31(38)35-32(5,30(37)36(6)24-13-8-7-9-14-24)19-23-20-33-28-18-11-10-15-27(23)28/h10-12,15-18,20-22,24,33H,7-9,13-14,19H2,1-6H3,(H2,34,35,38). The lowest BCUT2D eigenvalue weighted by atomic mass is 9.88. The Morgan fingerprint density at radius 3 is 2.24 bits per heavy atom. The minimum atomic E-state index is -1.12. The van der Waals surface area contributed by atoms with E-state index in [1.54, 1.807) is 0 Å². The van der Waals surface area contributed by atoms with Crippen molar-refractivity contribution in [1.29, 1.82) is 0 Å². The lowest BCUT2D eigenvalue weighted by molar-refractivity contribution is -0.138. The molecule has 2 aromatic carbocycles. The Balaban J connectivity index is 1.66. The Morgan fingerprint density at radius 2 is 1.61 bits per heavy atom. The van der Waals surface area contributed by atoms with E-state index in [0.29, 0.717) is 6.42 Å². The van der Waals surface area contributed by atoms with Crippen molar-refractivity contribution in [1.82, 2.24) is 15.2 Å². The molecule has 38 heavy (non-hydrogen) atoms. The number of hydrogen-bond acceptors (Lipinski definition) is 2. The van der Waals surface area contributed by atoms with E-state index < -0.39 is 5.54 Å². The molecule has 1 unspecified atom stereocenters. The van der Waals surface area contributed by atoms with Crippen molar-refractivity contribution < 1.29 is 9.59 Å². The van der Waals surface area contributed by atoms with Gasteiger partial charge in [-0.1, -0.05) is 83.4 Å². The Labute approximate surface area is 227 Å². The van der Waals surface area contributed by atoms with Gasteiger partial charge >= 0.3 is 6.03 Å². The van der Waals surface area contributed by atoms with Gasteiger partial charge in [0.1, 0.15) is 5.54 Å². The van der Waals surface area contributed by atoms with E-state index in [9.17, 15) is 9.59 Å². The second-order valence-electron chi connectivity index (χ2n) is 11.8. The van der Waals surface area contributed by atoms with Gasteiger partial charge in [-0.05, 0) is 54.4 Å². The summed E-state index contributed by atoms with van der Waals surface area (Å²) in [4.78, 5) is 33.0. The van der Waals surface area contributed by atoms with Crippen LogP contribution in [0.15, 0.2) is 48.7 Å². The molecule has 1 atom stereocenters. The second kappa shape index (κ2) is 11.6. The maximum Gasteiger partial charge on any atom is 0.320 e. The number of hydrogen-bond donors (Lipinski definition) is 3. The number of likely N-dealkylation sites (N-methyl/N-ethyl adjacent to an activating group) is 1. The summed E-state index contributed by atoms with van der Waals surface area (Å²) >= 11 is 0. The number of anilines is 1. The maximum absolute atomic E-state index is 14.1. The number of aromatic amines is 1. The van der Waals surface area contributed by atoms with Crippen molar-refractivity contribution in [2.75, 3.05) is 12.4 Å². The summed E-state index contributed by atoms with van der Waals surface area (Å²) < 4.78 is 0. The molecule has 1 saturated carbocycles. The zero-order valence-corrected chi connectivity index (χ0v) is 23.9. The average Bonchev–Trinajstić information content (AvgIpc) is 3.30. The van der Waals surface area contributed by atoms with Crippen molar-refractivity contribution in [3.8, 4) is 0 Å². The molecule has 1 fully saturated rings. The number of benzene rings is 2. The number of H-pyrrole nitrogens is 1. The molecule has 0 radical (unpaired) electrons. The first kappa shape index (κ1) is 27.7. The molecule has 0 saturated heterocycles. The summed E-state index contributed by atoms with van der Waals surface area (Å²) in [6.45, 7) is 10.4. The smallest absolute Gasteiger partial charge is 0.320 e. The number of para-hydroxylation sites is 2. The van der Waals surface area contributed by atoms with Crippen LogP contribution in [0.4, 0.5) is 10.5 Å². The molecule has 1 aliphatic carbocycles. The molecule has 3 amide bonds. The fourth-order valence-corrected chi connectivity index (χ4v) is 5.95. The summed E-state index contributed by atoms with van der Waals surface area (Å²) in [5, 5.41) is 7.37. The SMILES string of the molecule is CC(C)c1cccc(C(C)C)c1NC(=O)NC(C)(Cc1c[nH]c2ccccc12)C(=O)N(C)C1CCCCC1. The highest BCUT2D eigenvalue weighted by atomic mass is 16.2. The number of amides is 3. The van der Waals surface area contributed by atoms with E-state index in [1.165, 1.54) is 6.42 Å². The molecule has 6 heteroatoms. The van der Waals surface area contributed by atoms with Crippen LogP contribution in [0.2, 0.25) is 0 Å². The van der Waals surface area contributed by atoms with Crippen LogP contribution < -0.4 is 10.6 Å². The molecule has 1 heterocycles. The highest BCUT2D eigenvalue weighted by Crippen LogP contribution is 2.33. The van der Waals surface area contributed by atoms with Crippen molar-refractivity contribution >= 4 is 28.5 Å². The first-order valence-electron chi connectivity index (χ1n) is 14.1. The van der Waals surface area contributed by atoms with E-state index in [4.69, 9.17) is 0 Å². The van der Waals surface area contributed by atoms with Gasteiger partial charge in [-0.2, -0.15) is 0 Å². The van der Waals surface area contributed by atoms with Crippen molar-refractivity contribution in [2.24, 2.45) is 0 Å². The number of urea groups is 1. The third-order valence-corrected chi connectivity index (χ3v) is 8.13. The molecule has 0 aliphatic heterocycles. The first-order valence-corrected chi connectivity index (χ1v) is 14.1. The minimum Gasteiger partial charge on any atom is -0.361 e. The van der Waals surface area contributed by atoms with Gasteiger partial charge in [0.15, 0.2) is 0 Å². The molecule has 3 N–H and O–H groups in total. The van der Waals surface area contributed by atoms with Gasteiger partial charge in [-0.3, -0.25) is 4.79 Å². The lowest BCUT2D eigenvalue weighted by Gasteiger charge is -2.38. The fraction of sp³-hybridized carbons (Fsp3) is 0.500. The molecule has 3 aromatic rings. The number of rotatable bonds is 8. The van der Waals surface area contributed by atoms with Crippen LogP contribution in [0.1, 0.15) is 95.2 Å². The van der Waals surface area contributed by atoms with E-state index in [2.05, 4.69) is 67.6 Å². The summed E-state index contributed by atoms with van der Waals surface area (Å²) in [7, 11) is 1.90. The number of nitrogens with zero attached hydrogens (tertiary/aromatic N) is 1. The molecule has 1 aliphatic rings. The molecule has 4 rings (SSSR count). The zero-order valence-electron chi connectivity index (χ0n) is 23.9. The molecular formula is C32H44N4O2. The summed E-state index contributed by atoms with van der Waals surface area (Å²) in [5.74, 6) is 0.451. The van der Waals surface area contributed by atoms with Crippen LogP contribution >= 0.6 is 0 Å².